The van der Waals surface area contributed by atoms with Gasteiger partial charge in [-0.1, -0.05) is 6.08 Å². The van der Waals surface area contributed by atoms with Crippen LogP contribution in [0.1, 0.15) is 13.8 Å². The first kappa shape index (κ1) is 10.7. The minimum Gasteiger partial charge on any atom is -0.459 e. The lowest BCUT2D eigenvalue weighted by Crippen LogP contribution is -2.37. The third kappa shape index (κ3) is 3.75. The summed E-state index contributed by atoms with van der Waals surface area (Å²) in [7, 11) is 0. The summed E-state index contributed by atoms with van der Waals surface area (Å²) in [5.41, 5.74) is 0. The van der Waals surface area contributed by atoms with E-state index in [1.165, 1.54) is 6.08 Å². The van der Waals surface area contributed by atoms with Crippen molar-refractivity contribution in [3.63, 3.8) is 0 Å². The van der Waals surface area contributed by atoms with E-state index in [1.807, 2.05) is 0 Å². The highest BCUT2D eigenvalue weighted by atomic mass is 16.5. The SMILES string of the molecule is C=CC(C)NC(=O)C(=O)OCC. The van der Waals surface area contributed by atoms with Crippen molar-refractivity contribution in [1.82, 2.24) is 5.32 Å². The molecule has 12 heavy (non-hydrogen) atoms. The molecule has 1 unspecified atom stereocenters. The van der Waals surface area contributed by atoms with Gasteiger partial charge in [0.25, 0.3) is 0 Å². The topological polar surface area (TPSA) is 55.4 Å². The lowest BCUT2D eigenvalue weighted by molar-refractivity contribution is -0.154. The standard InChI is InChI=1S/C8H13NO3/c1-4-6(3)9-7(10)8(11)12-5-2/h4,6H,1,5H2,2-3H3,(H,9,10). The summed E-state index contributed by atoms with van der Waals surface area (Å²) < 4.78 is 4.46. The Balaban J connectivity index is 3.86. The molecule has 1 amide bonds. The van der Waals surface area contributed by atoms with Crippen molar-refractivity contribution in [2.24, 2.45) is 0 Å². The van der Waals surface area contributed by atoms with Gasteiger partial charge in [-0.2, -0.15) is 0 Å². The van der Waals surface area contributed by atoms with Crippen molar-refractivity contribution in [1.29, 1.82) is 0 Å². The average molecular weight is 171 g/mol. The van der Waals surface area contributed by atoms with Crippen molar-refractivity contribution in [2.75, 3.05) is 6.61 Å². The lowest BCUT2D eigenvalue weighted by Gasteiger charge is -2.07. The molecule has 0 rings (SSSR count). The van der Waals surface area contributed by atoms with Crippen LogP contribution in [0.4, 0.5) is 0 Å². The number of carbonyl (C=O) groups is 2. The fourth-order valence-corrected chi connectivity index (χ4v) is 0.521. The average Bonchev–Trinajstić information content (AvgIpc) is 2.04. The number of nitrogens with one attached hydrogen (secondary N) is 1. The molecule has 0 saturated carbocycles. The van der Waals surface area contributed by atoms with Gasteiger partial charge in [0.2, 0.25) is 0 Å². The van der Waals surface area contributed by atoms with E-state index < -0.39 is 11.9 Å². The zero-order chi connectivity index (χ0) is 9.56. The van der Waals surface area contributed by atoms with Gasteiger partial charge in [-0.05, 0) is 13.8 Å². The highest BCUT2D eigenvalue weighted by Crippen LogP contribution is 1.84. The summed E-state index contributed by atoms with van der Waals surface area (Å²) in [6.45, 7) is 7.01. The van der Waals surface area contributed by atoms with Crippen LogP contribution in [0.25, 0.3) is 0 Å². The van der Waals surface area contributed by atoms with E-state index in [9.17, 15) is 9.59 Å². The van der Waals surface area contributed by atoms with Gasteiger partial charge in [-0.25, -0.2) is 4.79 Å². The van der Waals surface area contributed by atoms with Gasteiger partial charge in [0.15, 0.2) is 0 Å². The molecule has 0 aromatic heterocycles. The molecule has 0 aromatic carbocycles. The summed E-state index contributed by atoms with van der Waals surface area (Å²) in [6, 6.07) is -0.220. The van der Waals surface area contributed by atoms with Gasteiger partial charge >= 0.3 is 11.9 Å². The quantitative estimate of drug-likeness (QED) is 0.376. The molecule has 0 heterocycles. The monoisotopic (exact) mass is 171 g/mol. The second kappa shape index (κ2) is 5.35. The van der Waals surface area contributed by atoms with Crippen LogP contribution in [0.2, 0.25) is 0 Å². The number of hydrogen-bond donors (Lipinski definition) is 1. The first-order valence-electron chi connectivity index (χ1n) is 3.72. The summed E-state index contributed by atoms with van der Waals surface area (Å²) >= 11 is 0. The number of rotatable bonds is 3. The third-order valence-corrected chi connectivity index (χ3v) is 1.17. The van der Waals surface area contributed by atoms with Crippen molar-refractivity contribution >= 4 is 11.9 Å². The molecule has 68 valence electrons. The molecule has 0 aliphatic rings. The van der Waals surface area contributed by atoms with Gasteiger partial charge in [0.05, 0.1) is 6.61 Å². The normalized spacial score (nSPS) is 11.5. The first-order chi connectivity index (χ1) is 5.61. The second-order valence-electron chi connectivity index (χ2n) is 2.22. The molecule has 0 fully saturated rings. The van der Waals surface area contributed by atoms with E-state index in [-0.39, 0.29) is 12.6 Å². The minimum absolute atomic E-state index is 0.203. The Bertz CT molecular complexity index is 189. The second-order valence-corrected chi connectivity index (χ2v) is 2.22. The first-order valence-corrected chi connectivity index (χ1v) is 3.72. The molecule has 0 aromatic rings. The van der Waals surface area contributed by atoms with E-state index in [1.54, 1.807) is 13.8 Å². The van der Waals surface area contributed by atoms with Crippen molar-refractivity contribution in [2.45, 2.75) is 19.9 Å². The van der Waals surface area contributed by atoms with Gasteiger partial charge in [0, 0.05) is 6.04 Å². The lowest BCUT2D eigenvalue weighted by atomic mass is 10.3. The fourth-order valence-electron chi connectivity index (χ4n) is 0.521. The van der Waals surface area contributed by atoms with Crippen LogP contribution in [-0.4, -0.2) is 24.5 Å². The summed E-state index contributed by atoms with van der Waals surface area (Å²) in [5, 5.41) is 2.38. The Morgan fingerprint density at radius 2 is 2.25 bits per heavy atom. The number of hydrogen-bond acceptors (Lipinski definition) is 3. The van der Waals surface area contributed by atoms with Crippen molar-refractivity contribution < 1.29 is 14.3 Å². The number of carbonyl (C=O) groups excluding carboxylic acids is 2. The molecule has 0 aliphatic carbocycles. The van der Waals surface area contributed by atoms with E-state index in [4.69, 9.17) is 0 Å². The van der Waals surface area contributed by atoms with Crippen molar-refractivity contribution in [3.8, 4) is 0 Å². The number of amides is 1. The van der Waals surface area contributed by atoms with Crippen LogP contribution in [0.3, 0.4) is 0 Å². The fraction of sp³-hybridized carbons (Fsp3) is 0.500. The Labute approximate surface area is 71.6 Å². The molecule has 0 spiro atoms. The van der Waals surface area contributed by atoms with Crippen LogP contribution in [0.15, 0.2) is 12.7 Å². The molecule has 0 bridgehead atoms. The Morgan fingerprint density at radius 1 is 1.67 bits per heavy atom. The van der Waals surface area contributed by atoms with E-state index >= 15 is 0 Å². The molecule has 0 saturated heterocycles. The largest absolute Gasteiger partial charge is 0.459 e. The Morgan fingerprint density at radius 3 is 2.67 bits per heavy atom. The summed E-state index contributed by atoms with van der Waals surface area (Å²) in [6.07, 6.45) is 1.52. The van der Waals surface area contributed by atoms with Gasteiger partial charge < -0.3 is 10.1 Å². The van der Waals surface area contributed by atoms with E-state index in [0.29, 0.717) is 0 Å². The van der Waals surface area contributed by atoms with Gasteiger partial charge in [-0.15, -0.1) is 6.58 Å². The zero-order valence-corrected chi connectivity index (χ0v) is 7.29. The summed E-state index contributed by atoms with van der Waals surface area (Å²) in [5.74, 6) is -1.59. The molecule has 0 radical (unpaired) electrons. The van der Waals surface area contributed by atoms with E-state index in [2.05, 4.69) is 16.6 Å². The molecule has 4 heteroatoms. The zero-order valence-electron chi connectivity index (χ0n) is 7.29. The van der Waals surface area contributed by atoms with Crippen molar-refractivity contribution in [3.05, 3.63) is 12.7 Å². The predicted octanol–water partition coefficient (Wildman–Crippen LogP) is 0.240. The third-order valence-electron chi connectivity index (χ3n) is 1.17. The molecule has 1 N–H and O–H groups in total. The van der Waals surface area contributed by atoms with Crippen LogP contribution in [-0.2, 0) is 14.3 Å². The molecular weight excluding hydrogens is 158 g/mol. The van der Waals surface area contributed by atoms with Crippen LogP contribution in [0, 0.1) is 0 Å². The highest BCUT2D eigenvalue weighted by Gasteiger charge is 2.14. The van der Waals surface area contributed by atoms with E-state index in [0.717, 1.165) is 0 Å². The molecule has 4 nitrogen and oxygen atoms in total. The minimum atomic E-state index is -0.855. The Hall–Kier alpha value is -1.32. The van der Waals surface area contributed by atoms with Crippen LogP contribution < -0.4 is 5.32 Å². The molecular formula is C8H13NO3. The van der Waals surface area contributed by atoms with Crippen LogP contribution >= 0.6 is 0 Å². The highest BCUT2D eigenvalue weighted by molar-refractivity contribution is 6.32. The number of esters is 1. The predicted molar refractivity (Wildman–Crippen MR) is 44.4 cm³/mol. The molecule has 1 atom stereocenters. The Kier molecular flexibility index (Phi) is 4.76. The maximum Gasteiger partial charge on any atom is 0.396 e. The van der Waals surface area contributed by atoms with Gasteiger partial charge in [0.1, 0.15) is 0 Å². The van der Waals surface area contributed by atoms with Gasteiger partial charge in [-0.3, -0.25) is 4.79 Å². The maximum atomic E-state index is 10.9. The molecule has 0 aliphatic heterocycles. The number of ether oxygens (including phenoxy) is 1. The maximum absolute atomic E-state index is 10.9. The van der Waals surface area contributed by atoms with Crippen LogP contribution in [0.5, 0.6) is 0 Å². The summed E-state index contributed by atoms with van der Waals surface area (Å²) in [4.78, 5) is 21.6. The smallest absolute Gasteiger partial charge is 0.396 e.